The quantitative estimate of drug-likeness (QED) is 0.427. The molecule has 0 heterocycles. The normalized spacial score (nSPS) is 15.2. The number of hydrogen-bond acceptors (Lipinski definition) is 1. The van der Waals surface area contributed by atoms with E-state index in [0.29, 0.717) is 0 Å². The molecule has 2 heteroatoms. The molecule has 0 aliphatic rings. The highest BCUT2D eigenvalue weighted by molar-refractivity contribution is 5.68. The average molecular weight is 333 g/mol. The van der Waals surface area contributed by atoms with Crippen LogP contribution in [0.5, 0.6) is 0 Å². The summed E-state index contributed by atoms with van der Waals surface area (Å²) >= 11 is 0. The van der Waals surface area contributed by atoms with E-state index in [2.05, 4.69) is 59.4 Å². The molecule has 2 nitrogen and oxygen atoms in total. The minimum absolute atomic E-state index is 0.127. The molecule has 0 saturated heterocycles. The molecule has 0 radical (unpaired) electrons. The summed E-state index contributed by atoms with van der Waals surface area (Å²) < 4.78 is 0. The van der Waals surface area contributed by atoms with Crippen molar-refractivity contribution in [2.24, 2.45) is 11.3 Å². The predicted octanol–water partition coefficient (Wildman–Crippen LogP) is 6.71. The summed E-state index contributed by atoms with van der Waals surface area (Å²) in [6.07, 6.45) is 12.6. The van der Waals surface area contributed by atoms with Gasteiger partial charge in [-0.25, -0.2) is 0 Å². The smallest absolute Gasteiger partial charge is 0.304 e. The minimum atomic E-state index is -0.760. The lowest BCUT2D eigenvalue weighted by atomic mass is 9.71. The first-order valence-corrected chi connectivity index (χ1v) is 8.88. The van der Waals surface area contributed by atoms with Gasteiger partial charge in [0.1, 0.15) is 0 Å². The first kappa shape index (κ1) is 22.4. The van der Waals surface area contributed by atoms with Crippen LogP contribution in [0.2, 0.25) is 0 Å². The van der Waals surface area contributed by atoms with Gasteiger partial charge in [0.25, 0.3) is 0 Å². The van der Waals surface area contributed by atoms with Crippen molar-refractivity contribution in [3.8, 4) is 0 Å². The van der Waals surface area contributed by atoms with Crippen LogP contribution in [0.4, 0.5) is 0 Å². The van der Waals surface area contributed by atoms with E-state index in [1.165, 1.54) is 16.7 Å². The Morgan fingerprint density at radius 2 is 1.58 bits per heavy atom. The van der Waals surface area contributed by atoms with Crippen LogP contribution in [0.25, 0.3) is 0 Å². The maximum atomic E-state index is 11.3. The van der Waals surface area contributed by atoms with Crippen LogP contribution in [0.1, 0.15) is 73.6 Å². The van der Waals surface area contributed by atoms with Gasteiger partial charge in [-0.05, 0) is 71.6 Å². The van der Waals surface area contributed by atoms with E-state index in [1.54, 1.807) is 0 Å². The maximum absolute atomic E-state index is 11.3. The Labute approximate surface area is 149 Å². The third-order valence-electron chi connectivity index (χ3n) is 4.58. The largest absolute Gasteiger partial charge is 0.481 e. The molecule has 0 rings (SSSR count). The molecule has 0 saturated carbocycles. The van der Waals surface area contributed by atoms with Gasteiger partial charge >= 0.3 is 5.97 Å². The molecular formula is C22H36O2. The topological polar surface area (TPSA) is 37.3 Å². The number of carboxylic acids is 1. The third-order valence-corrected chi connectivity index (χ3v) is 4.58. The fourth-order valence-corrected chi connectivity index (χ4v) is 2.76. The summed E-state index contributed by atoms with van der Waals surface area (Å²) in [4.78, 5) is 11.3. The molecule has 136 valence electrons. The van der Waals surface area contributed by atoms with Gasteiger partial charge in [0.05, 0.1) is 6.42 Å². The van der Waals surface area contributed by atoms with E-state index in [4.69, 9.17) is 0 Å². The molecule has 0 aliphatic heterocycles. The van der Waals surface area contributed by atoms with Crippen LogP contribution in [0.3, 0.4) is 0 Å². The number of allylic oxidation sites excluding steroid dienone is 7. The lowest BCUT2D eigenvalue weighted by molar-refractivity contribution is -0.139. The minimum Gasteiger partial charge on any atom is -0.481 e. The standard InChI is InChI=1S/C22H36O2/c1-8-22(7,16-21(23)24)20(14-12-18(4)5)15-13-19(6)11-9-10-17(2)3/h8,10,12-13,20H,1,9,11,14-16H2,2-7H3,(H,23,24)/b19-13+. The second kappa shape index (κ2) is 11.1. The van der Waals surface area contributed by atoms with E-state index in [1.807, 2.05) is 13.0 Å². The average Bonchev–Trinajstić information content (AvgIpc) is 2.45. The summed E-state index contributed by atoms with van der Waals surface area (Å²) in [6, 6.07) is 0. The van der Waals surface area contributed by atoms with Gasteiger partial charge in [-0.1, -0.05) is 47.9 Å². The molecule has 0 aromatic carbocycles. The van der Waals surface area contributed by atoms with E-state index >= 15 is 0 Å². The zero-order valence-corrected chi connectivity index (χ0v) is 16.5. The van der Waals surface area contributed by atoms with Gasteiger partial charge in [0.2, 0.25) is 0 Å². The SMILES string of the molecule is C=CC(C)(CC(=O)O)C(CC=C(C)C)C/C=C(\C)CCC=C(C)C. The summed E-state index contributed by atoms with van der Waals surface area (Å²) in [5.74, 6) is -0.511. The van der Waals surface area contributed by atoms with Crippen LogP contribution in [-0.4, -0.2) is 11.1 Å². The van der Waals surface area contributed by atoms with Crippen LogP contribution >= 0.6 is 0 Å². The van der Waals surface area contributed by atoms with Crippen LogP contribution in [0, 0.1) is 11.3 Å². The summed E-state index contributed by atoms with van der Waals surface area (Å²) in [5, 5.41) is 9.27. The van der Waals surface area contributed by atoms with Gasteiger partial charge in [-0.2, -0.15) is 0 Å². The van der Waals surface area contributed by atoms with E-state index < -0.39 is 11.4 Å². The van der Waals surface area contributed by atoms with Crippen molar-refractivity contribution >= 4 is 5.97 Å². The molecule has 0 aromatic rings. The van der Waals surface area contributed by atoms with Crippen molar-refractivity contribution in [2.75, 3.05) is 0 Å². The van der Waals surface area contributed by atoms with Gasteiger partial charge in [0, 0.05) is 0 Å². The van der Waals surface area contributed by atoms with Gasteiger partial charge in [-0.15, -0.1) is 6.58 Å². The van der Waals surface area contributed by atoms with Gasteiger partial charge in [0.15, 0.2) is 0 Å². The molecular weight excluding hydrogens is 296 g/mol. The maximum Gasteiger partial charge on any atom is 0.304 e. The zero-order valence-electron chi connectivity index (χ0n) is 16.5. The fraction of sp³-hybridized carbons (Fsp3) is 0.591. The third kappa shape index (κ3) is 9.54. The first-order chi connectivity index (χ1) is 11.1. The van der Waals surface area contributed by atoms with Crippen molar-refractivity contribution < 1.29 is 9.90 Å². The Morgan fingerprint density at radius 1 is 1.04 bits per heavy atom. The molecule has 0 bridgehead atoms. The molecule has 0 aromatic heterocycles. The first-order valence-electron chi connectivity index (χ1n) is 8.88. The van der Waals surface area contributed by atoms with E-state index in [0.717, 1.165) is 25.7 Å². The van der Waals surface area contributed by atoms with Crippen molar-refractivity contribution in [3.63, 3.8) is 0 Å². The second-order valence-corrected chi connectivity index (χ2v) is 7.60. The van der Waals surface area contributed by atoms with Crippen LogP contribution < -0.4 is 0 Å². The summed E-state index contributed by atoms with van der Waals surface area (Å²) in [7, 11) is 0. The lowest BCUT2D eigenvalue weighted by Gasteiger charge is -2.33. The highest BCUT2D eigenvalue weighted by Gasteiger charge is 2.32. The van der Waals surface area contributed by atoms with Crippen LogP contribution in [0.15, 0.2) is 47.6 Å². The van der Waals surface area contributed by atoms with Crippen LogP contribution in [-0.2, 0) is 4.79 Å². The van der Waals surface area contributed by atoms with E-state index in [9.17, 15) is 9.90 Å². The van der Waals surface area contributed by atoms with Crippen molar-refractivity contribution in [1.82, 2.24) is 0 Å². The molecule has 0 spiro atoms. The van der Waals surface area contributed by atoms with Gasteiger partial charge in [-0.3, -0.25) is 4.79 Å². The van der Waals surface area contributed by atoms with E-state index in [-0.39, 0.29) is 12.3 Å². The molecule has 0 aliphatic carbocycles. The van der Waals surface area contributed by atoms with Crippen molar-refractivity contribution in [2.45, 2.75) is 73.6 Å². The molecule has 0 fully saturated rings. The van der Waals surface area contributed by atoms with Crippen molar-refractivity contribution in [3.05, 3.63) is 47.6 Å². The number of aliphatic carboxylic acids is 1. The Kier molecular flexibility index (Phi) is 10.3. The summed E-state index contributed by atoms with van der Waals surface area (Å²) in [5.41, 5.74) is 3.60. The molecule has 1 N–H and O–H groups in total. The number of rotatable bonds is 11. The number of carbonyl (C=O) groups is 1. The number of hydrogen-bond donors (Lipinski definition) is 1. The highest BCUT2D eigenvalue weighted by Crippen LogP contribution is 2.38. The fourth-order valence-electron chi connectivity index (χ4n) is 2.76. The molecule has 2 atom stereocenters. The monoisotopic (exact) mass is 332 g/mol. The summed E-state index contributed by atoms with van der Waals surface area (Å²) in [6.45, 7) is 16.5. The van der Waals surface area contributed by atoms with Crippen molar-refractivity contribution in [1.29, 1.82) is 0 Å². The Bertz CT molecular complexity index is 500. The lowest BCUT2D eigenvalue weighted by Crippen LogP contribution is -2.28. The number of carboxylic acid groups (broad SMARTS) is 1. The second-order valence-electron chi connectivity index (χ2n) is 7.60. The highest BCUT2D eigenvalue weighted by atomic mass is 16.4. The Balaban J connectivity index is 5.13. The molecule has 24 heavy (non-hydrogen) atoms. The zero-order chi connectivity index (χ0) is 18.8. The Hall–Kier alpha value is -1.57. The molecule has 2 unspecified atom stereocenters. The molecule has 0 amide bonds. The van der Waals surface area contributed by atoms with Gasteiger partial charge < -0.3 is 5.11 Å². The Morgan fingerprint density at radius 3 is 2.04 bits per heavy atom. The predicted molar refractivity (Wildman–Crippen MR) is 105 cm³/mol.